The van der Waals surface area contributed by atoms with Crippen LogP contribution in [0.1, 0.15) is 27.7 Å². The minimum absolute atomic E-state index is 0.0239. The van der Waals surface area contributed by atoms with Crippen LogP contribution in [0.4, 0.5) is 0 Å². The Morgan fingerprint density at radius 3 is 1.94 bits per heavy atom. The third-order valence-electron chi connectivity index (χ3n) is 1.79. The second-order valence-corrected chi connectivity index (χ2v) is 7.97. The number of nitrogens with zero attached hydrogens (tertiary/aromatic N) is 2. The maximum absolute atomic E-state index is 12.2. The van der Waals surface area contributed by atoms with Gasteiger partial charge in [0.15, 0.2) is 0 Å². The summed E-state index contributed by atoms with van der Waals surface area (Å²) in [5, 5.41) is -0.886. The van der Waals surface area contributed by atoms with E-state index in [0.717, 1.165) is 0 Å². The van der Waals surface area contributed by atoms with E-state index in [1.807, 2.05) is 0 Å². The third-order valence-corrected chi connectivity index (χ3v) is 6.81. The van der Waals surface area contributed by atoms with Gasteiger partial charge in [-0.05, 0) is 27.7 Å². The van der Waals surface area contributed by atoms with Crippen LogP contribution in [-0.4, -0.2) is 36.5 Å². The Morgan fingerprint density at radius 1 is 1.29 bits per heavy atom. The molecule has 0 N–H and O–H groups in total. The van der Waals surface area contributed by atoms with Gasteiger partial charge in [-0.1, -0.05) is 0 Å². The highest BCUT2D eigenvalue weighted by atomic mass is 32.2. The first kappa shape index (κ1) is 16.5. The van der Waals surface area contributed by atoms with Gasteiger partial charge >= 0.3 is 12.4 Å². The summed E-state index contributed by atoms with van der Waals surface area (Å²) in [6.07, 6.45) is 0. The van der Waals surface area contributed by atoms with Crippen molar-refractivity contribution in [3.63, 3.8) is 0 Å². The molecule has 0 aromatic rings. The van der Waals surface area contributed by atoms with Crippen molar-refractivity contribution >= 4 is 22.2 Å². The molecule has 0 aliphatic rings. The average molecular weight is 284 g/mol. The van der Waals surface area contributed by atoms with E-state index in [1.54, 1.807) is 0 Å². The molecule has 0 aliphatic carbocycles. The van der Waals surface area contributed by atoms with E-state index in [0.29, 0.717) is 0 Å². The summed E-state index contributed by atoms with van der Waals surface area (Å²) >= 11 is 0. The van der Waals surface area contributed by atoms with Crippen LogP contribution in [0.15, 0.2) is 0 Å². The van der Waals surface area contributed by atoms with Crippen molar-refractivity contribution < 1.29 is 26.8 Å². The van der Waals surface area contributed by atoms with E-state index in [4.69, 9.17) is 14.6 Å². The predicted octanol–water partition coefficient (Wildman–Crippen LogP) is 1.66. The van der Waals surface area contributed by atoms with Gasteiger partial charge in [0.1, 0.15) is 0 Å². The topological polar surface area (TPSA) is 106 Å². The molecule has 7 nitrogen and oxygen atoms in total. The van der Waals surface area contributed by atoms with Crippen molar-refractivity contribution in [3.05, 3.63) is 5.53 Å². The number of rotatable bonds is 6. The highest BCUT2D eigenvalue weighted by molar-refractivity contribution is 8.19. The number of hydrogen-bond donors (Lipinski definition) is 0. The molecular weight excluding hydrogens is 267 g/mol. The second-order valence-electron chi connectivity index (χ2n) is 3.31. The Balaban J connectivity index is 5.68. The molecule has 0 atom stereocenters. The lowest BCUT2D eigenvalue weighted by atomic mass is 10.6. The fourth-order valence-corrected chi connectivity index (χ4v) is 4.78. The van der Waals surface area contributed by atoms with Crippen molar-refractivity contribution in [2.24, 2.45) is 0 Å². The zero-order valence-electron chi connectivity index (χ0n) is 10.3. The Labute approximate surface area is 101 Å². The first-order valence-corrected chi connectivity index (χ1v) is 8.20. The summed E-state index contributed by atoms with van der Waals surface area (Å²) in [6, 6.07) is 0. The maximum Gasteiger partial charge on any atom is 0.490 e. The van der Waals surface area contributed by atoms with Gasteiger partial charge in [0, 0.05) is 0 Å². The van der Waals surface area contributed by atoms with Crippen LogP contribution in [0.5, 0.6) is 0 Å². The first-order chi connectivity index (χ1) is 7.76. The molecule has 0 amide bonds. The molecule has 0 aromatic carbocycles. The van der Waals surface area contributed by atoms with Crippen LogP contribution in [0.3, 0.4) is 0 Å². The Morgan fingerprint density at radius 2 is 1.71 bits per heavy atom. The molecule has 0 fully saturated rings. The van der Waals surface area contributed by atoms with E-state index in [-0.39, 0.29) is 13.2 Å². The maximum atomic E-state index is 12.2. The second kappa shape index (κ2) is 6.42. The highest BCUT2D eigenvalue weighted by Crippen LogP contribution is 2.51. The zero-order valence-corrected chi connectivity index (χ0v) is 12.0. The molecule has 0 aromatic heterocycles. The largest absolute Gasteiger partial charge is 0.490 e. The van der Waals surface area contributed by atoms with E-state index in [1.165, 1.54) is 27.7 Å². The van der Waals surface area contributed by atoms with E-state index < -0.39 is 27.5 Å². The lowest BCUT2D eigenvalue weighted by Gasteiger charge is -2.13. The van der Waals surface area contributed by atoms with Gasteiger partial charge in [-0.25, -0.2) is 13.0 Å². The Hall–Kier alpha value is -0.520. The third kappa shape index (κ3) is 3.72. The van der Waals surface area contributed by atoms with Gasteiger partial charge in [0.2, 0.25) is 0 Å². The molecule has 0 rings (SSSR count). The van der Waals surface area contributed by atoms with Crippen molar-refractivity contribution in [3.8, 4) is 0 Å². The van der Waals surface area contributed by atoms with Crippen molar-refractivity contribution in [2.75, 3.05) is 13.2 Å². The van der Waals surface area contributed by atoms with Crippen LogP contribution in [0, 0.1) is 0 Å². The minimum atomic E-state index is -4.09. The van der Waals surface area contributed by atoms with Crippen molar-refractivity contribution in [1.29, 1.82) is 0 Å². The first-order valence-electron chi connectivity index (χ1n) is 5.11. The molecule has 0 radical (unpaired) electrons. The van der Waals surface area contributed by atoms with Gasteiger partial charge < -0.3 is 5.53 Å². The molecule has 0 heterocycles. The van der Waals surface area contributed by atoms with Crippen LogP contribution in [0.25, 0.3) is 5.53 Å². The molecule has 0 saturated carbocycles. The molecule has 0 bridgehead atoms. The highest BCUT2D eigenvalue weighted by Gasteiger charge is 2.50. The average Bonchev–Trinajstić information content (AvgIpc) is 2.18. The van der Waals surface area contributed by atoms with Crippen LogP contribution < -0.4 is 0 Å². The van der Waals surface area contributed by atoms with Crippen molar-refractivity contribution in [2.45, 2.75) is 32.9 Å². The van der Waals surface area contributed by atoms with E-state index >= 15 is 0 Å². The molecule has 0 aliphatic heterocycles. The summed E-state index contributed by atoms with van der Waals surface area (Å²) in [5.41, 5.74) is 8.78. The lowest BCUT2D eigenvalue weighted by Crippen LogP contribution is -2.26. The van der Waals surface area contributed by atoms with Crippen LogP contribution >= 0.6 is 7.60 Å². The summed E-state index contributed by atoms with van der Waals surface area (Å²) in [7, 11) is -8.10. The van der Waals surface area contributed by atoms with Gasteiger partial charge in [0.05, 0.1) is 18.5 Å². The quantitative estimate of drug-likeness (QED) is 0.242. The fourth-order valence-electron chi connectivity index (χ4n) is 0.966. The predicted molar refractivity (Wildman–Crippen MR) is 63.5 cm³/mol. The minimum Gasteiger partial charge on any atom is -0.360 e. The molecule has 17 heavy (non-hydrogen) atoms. The summed E-state index contributed by atoms with van der Waals surface area (Å²) in [4.78, 5) is 1.66. The molecule has 0 unspecified atom stereocenters. The van der Waals surface area contributed by atoms with Gasteiger partial charge in [-0.2, -0.15) is 0 Å². The monoisotopic (exact) mass is 284 g/mol. The smallest absolute Gasteiger partial charge is 0.360 e. The molecular formula is C8H17N2O5PS. The summed E-state index contributed by atoms with van der Waals surface area (Å²) < 4.78 is 45.5. The van der Waals surface area contributed by atoms with Gasteiger partial charge in [-0.3, -0.25) is 9.05 Å². The summed E-state index contributed by atoms with van der Waals surface area (Å²) in [5.74, 6) is 0. The van der Waals surface area contributed by atoms with Crippen LogP contribution in [-0.2, 0) is 23.4 Å². The lowest BCUT2D eigenvalue weighted by molar-refractivity contribution is 0.000595. The van der Waals surface area contributed by atoms with Crippen LogP contribution in [0.2, 0.25) is 0 Å². The van der Waals surface area contributed by atoms with Crippen molar-refractivity contribution in [1.82, 2.24) is 0 Å². The standard InChI is InChI=1S/C8H17N2O5PS/c1-5-14-16(11,15-6-2)8(10-9)17(12,13)7(3)4/h7H,5-6H2,1-4H3. The summed E-state index contributed by atoms with van der Waals surface area (Å²) in [6.45, 7) is 5.77. The van der Waals surface area contributed by atoms with E-state index in [9.17, 15) is 13.0 Å². The SMILES string of the molecule is CCOP(=O)(OCC)C(=[N+]=[N-])S(=O)(=O)C(C)C. The number of hydrogen-bond acceptors (Lipinski definition) is 5. The Kier molecular flexibility index (Phi) is 6.23. The van der Waals surface area contributed by atoms with Gasteiger partial charge in [-0.15, -0.1) is 4.79 Å². The fraction of sp³-hybridized carbons (Fsp3) is 0.875. The van der Waals surface area contributed by atoms with E-state index in [2.05, 4.69) is 4.79 Å². The van der Waals surface area contributed by atoms with Gasteiger partial charge in [0.25, 0.3) is 9.84 Å². The Bertz CT molecular complexity index is 443. The molecule has 0 saturated heterocycles. The molecule has 0 spiro atoms. The molecule has 100 valence electrons. The molecule has 9 heteroatoms. The normalized spacial score (nSPS) is 12.5. The zero-order chi connectivity index (χ0) is 13.7. The number of sulfone groups is 1.